The maximum absolute atomic E-state index is 12.0. The van der Waals surface area contributed by atoms with Gasteiger partial charge in [-0.3, -0.25) is 9.48 Å². The number of nitrogens with two attached hydrogens (primary N) is 1. The third-order valence-electron chi connectivity index (χ3n) is 2.38. The lowest BCUT2D eigenvalue weighted by atomic mass is 10.2. The Bertz CT molecular complexity index is 345. The number of carbonyl (C=O) groups is 1. The Morgan fingerprint density at radius 2 is 2.27 bits per heavy atom. The summed E-state index contributed by atoms with van der Waals surface area (Å²) in [5.41, 5.74) is 6.24. The number of carbonyl (C=O) groups excluding carboxylic acids is 1. The van der Waals surface area contributed by atoms with Gasteiger partial charge in [0.1, 0.15) is 11.4 Å². The molecule has 15 heavy (non-hydrogen) atoms. The van der Waals surface area contributed by atoms with Crippen LogP contribution >= 0.6 is 0 Å². The van der Waals surface area contributed by atoms with E-state index in [0.717, 1.165) is 13.0 Å². The molecule has 1 heterocycles. The van der Waals surface area contributed by atoms with Crippen LogP contribution in [0.2, 0.25) is 0 Å². The number of rotatable bonds is 4. The largest absolute Gasteiger partial charge is 0.383 e. The topological polar surface area (TPSA) is 64.2 Å². The second-order valence-electron chi connectivity index (χ2n) is 3.45. The second kappa shape index (κ2) is 4.82. The molecule has 1 aromatic heterocycles. The molecule has 0 fully saturated rings. The number of anilines is 1. The van der Waals surface area contributed by atoms with Crippen molar-refractivity contribution in [2.45, 2.75) is 20.3 Å². The maximum atomic E-state index is 12.0. The number of hydrogen-bond acceptors (Lipinski definition) is 3. The predicted octanol–water partition coefficient (Wildman–Crippen LogP) is 0.874. The lowest BCUT2D eigenvalue weighted by Crippen LogP contribution is -2.31. The van der Waals surface area contributed by atoms with E-state index in [1.54, 1.807) is 11.9 Å². The smallest absolute Gasteiger partial charge is 0.259 e. The van der Waals surface area contributed by atoms with Gasteiger partial charge >= 0.3 is 0 Å². The number of nitrogen functional groups attached to an aromatic ring is 1. The summed E-state index contributed by atoms with van der Waals surface area (Å²) in [4.78, 5) is 13.8. The molecule has 0 saturated heterocycles. The van der Waals surface area contributed by atoms with Gasteiger partial charge in [0.05, 0.1) is 6.20 Å². The first-order valence-electron chi connectivity index (χ1n) is 5.18. The Kier molecular flexibility index (Phi) is 3.71. The number of aromatic nitrogens is 2. The summed E-state index contributed by atoms with van der Waals surface area (Å²) >= 11 is 0. The molecule has 0 atom stereocenters. The average molecular weight is 210 g/mol. The minimum Gasteiger partial charge on any atom is -0.383 e. The fourth-order valence-electron chi connectivity index (χ4n) is 1.46. The van der Waals surface area contributed by atoms with Crippen molar-refractivity contribution in [3.8, 4) is 0 Å². The standard InChI is InChI=1S/C10H18N4O/c1-4-6-14(5-2)10(15)8-7-12-13(3)9(8)11/h7H,4-6,11H2,1-3H3. The highest BCUT2D eigenvalue weighted by Gasteiger charge is 2.18. The highest BCUT2D eigenvalue weighted by atomic mass is 16.2. The molecule has 0 aliphatic heterocycles. The van der Waals surface area contributed by atoms with Gasteiger partial charge in [0.25, 0.3) is 5.91 Å². The second-order valence-corrected chi connectivity index (χ2v) is 3.45. The summed E-state index contributed by atoms with van der Waals surface area (Å²) in [5, 5.41) is 3.96. The van der Waals surface area contributed by atoms with Gasteiger partial charge in [-0.1, -0.05) is 6.92 Å². The van der Waals surface area contributed by atoms with Crippen LogP contribution in [-0.2, 0) is 7.05 Å². The minimum atomic E-state index is -0.0371. The molecule has 0 aliphatic carbocycles. The van der Waals surface area contributed by atoms with Gasteiger partial charge in [0.15, 0.2) is 0 Å². The molecule has 0 unspecified atom stereocenters. The van der Waals surface area contributed by atoms with E-state index < -0.39 is 0 Å². The molecular weight excluding hydrogens is 192 g/mol. The summed E-state index contributed by atoms with van der Waals surface area (Å²) in [6.07, 6.45) is 2.47. The zero-order valence-corrected chi connectivity index (χ0v) is 9.53. The minimum absolute atomic E-state index is 0.0371. The van der Waals surface area contributed by atoms with E-state index in [0.29, 0.717) is 17.9 Å². The lowest BCUT2D eigenvalue weighted by Gasteiger charge is -2.19. The SMILES string of the molecule is CCCN(CC)C(=O)c1cnn(C)c1N. The van der Waals surface area contributed by atoms with Crippen molar-refractivity contribution >= 4 is 11.7 Å². The van der Waals surface area contributed by atoms with Crippen LogP contribution in [0.3, 0.4) is 0 Å². The normalized spacial score (nSPS) is 10.3. The number of amides is 1. The first-order valence-corrected chi connectivity index (χ1v) is 5.18. The van der Waals surface area contributed by atoms with E-state index >= 15 is 0 Å². The Morgan fingerprint density at radius 3 is 2.67 bits per heavy atom. The van der Waals surface area contributed by atoms with Crippen molar-refractivity contribution in [2.75, 3.05) is 18.8 Å². The molecule has 2 N–H and O–H groups in total. The summed E-state index contributed by atoms with van der Waals surface area (Å²) in [6, 6.07) is 0. The van der Waals surface area contributed by atoms with Gasteiger partial charge in [0.2, 0.25) is 0 Å². The average Bonchev–Trinajstić information content (AvgIpc) is 2.55. The monoisotopic (exact) mass is 210 g/mol. The van der Waals surface area contributed by atoms with E-state index in [9.17, 15) is 4.79 Å². The summed E-state index contributed by atoms with van der Waals surface area (Å²) in [5.74, 6) is 0.388. The molecule has 0 bridgehead atoms. The van der Waals surface area contributed by atoms with Crippen LogP contribution in [0.5, 0.6) is 0 Å². The van der Waals surface area contributed by atoms with Gasteiger partial charge in [-0.2, -0.15) is 5.10 Å². The zero-order valence-electron chi connectivity index (χ0n) is 9.53. The van der Waals surface area contributed by atoms with Crippen LogP contribution in [0.1, 0.15) is 30.6 Å². The molecule has 0 aromatic carbocycles. The molecule has 5 heteroatoms. The van der Waals surface area contributed by atoms with E-state index in [-0.39, 0.29) is 5.91 Å². The highest BCUT2D eigenvalue weighted by Crippen LogP contribution is 2.12. The lowest BCUT2D eigenvalue weighted by molar-refractivity contribution is 0.0765. The highest BCUT2D eigenvalue weighted by molar-refractivity contribution is 5.98. The van der Waals surface area contributed by atoms with E-state index in [1.165, 1.54) is 10.9 Å². The van der Waals surface area contributed by atoms with Gasteiger partial charge < -0.3 is 10.6 Å². The Labute approximate surface area is 89.9 Å². The van der Waals surface area contributed by atoms with Crippen LogP contribution < -0.4 is 5.73 Å². The molecule has 1 rings (SSSR count). The summed E-state index contributed by atoms with van der Waals surface area (Å²) in [6.45, 7) is 5.45. The third-order valence-corrected chi connectivity index (χ3v) is 2.38. The van der Waals surface area contributed by atoms with Gasteiger partial charge in [0, 0.05) is 20.1 Å². The van der Waals surface area contributed by atoms with Gasteiger partial charge in [-0.15, -0.1) is 0 Å². The number of hydrogen-bond donors (Lipinski definition) is 1. The van der Waals surface area contributed by atoms with Crippen LogP contribution in [-0.4, -0.2) is 33.7 Å². The third kappa shape index (κ3) is 2.29. The predicted molar refractivity (Wildman–Crippen MR) is 59.5 cm³/mol. The van der Waals surface area contributed by atoms with E-state index in [1.807, 2.05) is 13.8 Å². The Balaban J connectivity index is 2.87. The zero-order chi connectivity index (χ0) is 11.4. The van der Waals surface area contributed by atoms with Crippen LogP contribution in [0.4, 0.5) is 5.82 Å². The molecule has 0 spiro atoms. The van der Waals surface area contributed by atoms with Crippen molar-refractivity contribution in [1.29, 1.82) is 0 Å². The van der Waals surface area contributed by atoms with Crippen LogP contribution in [0, 0.1) is 0 Å². The van der Waals surface area contributed by atoms with E-state index in [4.69, 9.17) is 5.73 Å². The van der Waals surface area contributed by atoms with Crippen molar-refractivity contribution in [3.63, 3.8) is 0 Å². The van der Waals surface area contributed by atoms with Crippen molar-refractivity contribution in [2.24, 2.45) is 7.05 Å². The fourth-order valence-corrected chi connectivity index (χ4v) is 1.46. The molecule has 0 radical (unpaired) electrons. The molecule has 0 aliphatic rings. The molecule has 0 saturated carbocycles. The maximum Gasteiger partial charge on any atom is 0.259 e. The van der Waals surface area contributed by atoms with Crippen LogP contribution in [0.25, 0.3) is 0 Å². The number of aryl methyl sites for hydroxylation is 1. The first-order chi connectivity index (χ1) is 7.11. The Hall–Kier alpha value is -1.52. The van der Waals surface area contributed by atoms with Crippen molar-refractivity contribution in [3.05, 3.63) is 11.8 Å². The first kappa shape index (κ1) is 11.6. The summed E-state index contributed by atoms with van der Waals surface area (Å²) < 4.78 is 1.51. The number of nitrogens with zero attached hydrogens (tertiary/aromatic N) is 3. The quantitative estimate of drug-likeness (QED) is 0.802. The molecule has 1 aromatic rings. The Morgan fingerprint density at radius 1 is 1.60 bits per heavy atom. The molecular formula is C10H18N4O. The van der Waals surface area contributed by atoms with Crippen LogP contribution in [0.15, 0.2) is 6.20 Å². The van der Waals surface area contributed by atoms with E-state index in [2.05, 4.69) is 5.10 Å². The molecule has 1 amide bonds. The van der Waals surface area contributed by atoms with Gasteiger partial charge in [-0.05, 0) is 13.3 Å². The molecule has 5 nitrogen and oxygen atoms in total. The summed E-state index contributed by atoms with van der Waals surface area (Å²) in [7, 11) is 1.72. The van der Waals surface area contributed by atoms with Crippen molar-refractivity contribution in [1.82, 2.24) is 14.7 Å². The fraction of sp³-hybridized carbons (Fsp3) is 0.600. The van der Waals surface area contributed by atoms with Gasteiger partial charge in [-0.25, -0.2) is 0 Å². The molecule has 84 valence electrons. The van der Waals surface area contributed by atoms with Crippen molar-refractivity contribution < 1.29 is 4.79 Å².